The number of ketones is 1. The molecule has 0 amide bonds. The van der Waals surface area contributed by atoms with Crippen LogP contribution in [0.1, 0.15) is 59.8 Å². The molecule has 0 spiro atoms. The van der Waals surface area contributed by atoms with E-state index in [4.69, 9.17) is 4.74 Å². The van der Waals surface area contributed by atoms with Gasteiger partial charge in [0.2, 0.25) is 6.86 Å². The smallest absolute Gasteiger partial charge is 0.306 e. The van der Waals surface area contributed by atoms with Crippen LogP contribution in [0.4, 0.5) is 13.2 Å². The number of hydrogen-bond donors (Lipinski definition) is 1. The van der Waals surface area contributed by atoms with E-state index >= 15 is 8.78 Å². The van der Waals surface area contributed by atoms with E-state index in [-0.39, 0.29) is 55.5 Å². The number of rotatable bonds is 5. The lowest BCUT2D eigenvalue weighted by molar-refractivity contribution is -0.223. The summed E-state index contributed by atoms with van der Waals surface area (Å²) in [7, 11) is 0. The van der Waals surface area contributed by atoms with Gasteiger partial charge in [-0.05, 0) is 37.3 Å². The molecule has 0 aliphatic heterocycles. The maximum atomic E-state index is 17.3. The van der Waals surface area contributed by atoms with Crippen molar-refractivity contribution in [1.29, 1.82) is 0 Å². The number of hydrogen-bond acceptors (Lipinski definition) is 7. The highest BCUT2D eigenvalue weighted by Crippen LogP contribution is 2.72. The third-order valence-electron chi connectivity index (χ3n) is 9.24. The molecule has 0 radical (unpaired) electrons. The standard InChI is InChI=1S/C25H31F3O6S/c1-5-20(31)34-25(21(32)35-33-12-26)13(2)8-15-16-10-18(27)17-9-14(29)6-7-22(17,3)24(16,28)19(30)11-23(15,25)4/h6-7,13,15-16,19,30H,5,8-12H2,1-4H3/t13-,15?,16?,19+,22+,23+,24+,25+/m1/s1. The fraction of sp³-hybridized carbons (Fsp3) is 0.720. The SMILES string of the molecule is CCC(=O)O[C@]1(C(=O)SOCF)[C@H](C)CC2C3CC(F)=C4CC(=O)C=C[C@]4(C)[C@@]3(F)[C@@H](O)C[C@@]21C. The fourth-order valence-corrected chi connectivity index (χ4v) is 8.33. The largest absolute Gasteiger partial charge is 0.449 e. The Hall–Kier alpha value is -1.65. The molecule has 0 aromatic heterocycles. The van der Waals surface area contributed by atoms with Gasteiger partial charge in [-0.1, -0.05) is 26.8 Å². The van der Waals surface area contributed by atoms with Crippen molar-refractivity contribution >= 4 is 28.9 Å². The quantitative estimate of drug-likeness (QED) is 0.418. The summed E-state index contributed by atoms with van der Waals surface area (Å²) in [4.78, 5) is 38.0. The van der Waals surface area contributed by atoms with E-state index < -0.39 is 69.7 Å². The number of carbonyl (C=O) groups is 3. The van der Waals surface area contributed by atoms with Crippen LogP contribution in [0.25, 0.3) is 0 Å². The molecule has 194 valence electrons. The molecular formula is C25H31F3O6S. The molecule has 2 unspecified atom stereocenters. The van der Waals surface area contributed by atoms with Gasteiger partial charge >= 0.3 is 5.97 Å². The summed E-state index contributed by atoms with van der Waals surface area (Å²) in [6.07, 6.45) is 0.283. The lowest BCUT2D eigenvalue weighted by Crippen LogP contribution is -2.69. The lowest BCUT2D eigenvalue weighted by atomic mass is 9.45. The summed E-state index contributed by atoms with van der Waals surface area (Å²) >= 11 is 0.232. The molecule has 6 nitrogen and oxygen atoms in total. The minimum atomic E-state index is -2.31. The van der Waals surface area contributed by atoms with Crippen LogP contribution in [0.5, 0.6) is 0 Å². The van der Waals surface area contributed by atoms with Crippen molar-refractivity contribution in [2.24, 2.45) is 28.6 Å². The van der Waals surface area contributed by atoms with Crippen LogP contribution < -0.4 is 0 Å². The van der Waals surface area contributed by atoms with Crippen LogP contribution in [0, 0.1) is 28.6 Å². The van der Waals surface area contributed by atoms with E-state index in [1.165, 1.54) is 19.1 Å². The second-order valence-electron chi connectivity index (χ2n) is 10.7. The zero-order valence-electron chi connectivity index (χ0n) is 20.2. The molecule has 0 saturated heterocycles. The molecule has 4 aliphatic rings. The fourth-order valence-electron chi connectivity index (χ4n) is 7.58. The minimum Gasteiger partial charge on any atom is -0.449 e. The second-order valence-corrected chi connectivity index (χ2v) is 11.5. The van der Waals surface area contributed by atoms with Crippen molar-refractivity contribution in [2.75, 3.05) is 6.86 Å². The van der Waals surface area contributed by atoms with Gasteiger partial charge in [0.1, 0.15) is 5.83 Å². The van der Waals surface area contributed by atoms with Crippen LogP contribution in [0.15, 0.2) is 23.6 Å². The highest BCUT2D eigenvalue weighted by Gasteiger charge is 2.77. The summed E-state index contributed by atoms with van der Waals surface area (Å²) in [5, 5.41) is 10.7. The van der Waals surface area contributed by atoms with Crippen LogP contribution in [0.3, 0.4) is 0 Å². The van der Waals surface area contributed by atoms with Crippen molar-refractivity contribution in [1.82, 2.24) is 0 Å². The van der Waals surface area contributed by atoms with Gasteiger partial charge in [-0.15, -0.1) is 0 Å². The van der Waals surface area contributed by atoms with Crippen molar-refractivity contribution in [3.8, 4) is 0 Å². The Morgan fingerprint density at radius 2 is 1.97 bits per heavy atom. The summed E-state index contributed by atoms with van der Waals surface area (Å²) < 4.78 is 56.0. The average molecular weight is 517 g/mol. The second kappa shape index (κ2) is 8.73. The van der Waals surface area contributed by atoms with E-state index in [9.17, 15) is 23.9 Å². The number of alkyl halides is 2. The molecule has 4 rings (SSSR count). The molecule has 4 aliphatic carbocycles. The number of esters is 1. The number of aliphatic hydroxyl groups excluding tert-OH is 1. The van der Waals surface area contributed by atoms with Crippen molar-refractivity contribution in [3.63, 3.8) is 0 Å². The van der Waals surface area contributed by atoms with Crippen LogP contribution in [0.2, 0.25) is 0 Å². The van der Waals surface area contributed by atoms with Crippen molar-refractivity contribution in [2.45, 2.75) is 77.2 Å². The lowest BCUT2D eigenvalue weighted by Gasteiger charge is -2.62. The van der Waals surface area contributed by atoms with E-state index in [1.54, 1.807) is 20.8 Å². The number of fused-ring (bicyclic) bond motifs is 5. The first-order valence-electron chi connectivity index (χ1n) is 11.9. The van der Waals surface area contributed by atoms with E-state index in [1.807, 2.05) is 0 Å². The molecule has 0 bridgehead atoms. The van der Waals surface area contributed by atoms with Crippen LogP contribution in [-0.4, -0.2) is 46.2 Å². The zero-order valence-corrected chi connectivity index (χ0v) is 21.1. The molecule has 2 saturated carbocycles. The maximum Gasteiger partial charge on any atom is 0.306 e. The Bertz CT molecular complexity index is 1020. The van der Waals surface area contributed by atoms with Crippen molar-refractivity contribution in [3.05, 3.63) is 23.6 Å². The molecule has 1 N–H and O–H groups in total. The number of carbonyl (C=O) groups excluding carboxylic acids is 3. The summed E-state index contributed by atoms with van der Waals surface area (Å²) in [6, 6.07) is 0. The van der Waals surface area contributed by atoms with Gasteiger partial charge in [-0.2, -0.15) is 0 Å². The first-order valence-corrected chi connectivity index (χ1v) is 12.7. The van der Waals surface area contributed by atoms with E-state index in [2.05, 4.69) is 4.18 Å². The van der Waals surface area contributed by atoms with Gasteiger partial charge in [0.15, 0.2) is 17.1 Å². The molecular weight excluding hydrogens is 485 g/mol. The molecule has 2 fully saturated rings. The van der Waals surface area contributed by atoms with Gasteiger partial charge in [-0.3, -0.25) is 18.6 Å². The molecule has 35 heavy (non-hydrogen) atoms. The number of halogens is 3. The average Bonchev–Trinajstić information content (AvgIpc) is 3.02. The Morgan fingerprint density at radius 3 is 2.60 bits per heavy atom. The number of allylic oxidation sites excluding steroid dienone is 4. The number of aliphatic hydroxyl groups is 1. The third kappa shape index (κ3) is 3.35. The molecule has 0 aromatic rings. The van der Waals surface area contributed by atoms with Gasteiger partial charge in [0.25, 0.3) is 5.12 Å². The highest BCUT2D eigenvalue weighted by molar-refractivity contribution is 8.09. The summed E-state index contributed by atoms with van der Waals surface area (Å²) in [6.45, 7) is 5.16. The number of ether oxygens (including phenoxy) is 1. The predicted molar refractivity (Wildman–Crippen MR) is 122 cm³/mol. The van der Waals surface area contributed by atoms with Gasteiger partial charge in [0.05, 0.1) is 18.1 Å². The third-order valence-corrected chi connectivity index (χ3v) is 9.91. The molecule has 10 heteroatoms. The Kier molecular flexibility index (Phi) is 6.59. The zero-order chi connectivity index (χ0) is 26.0. The van der Waals surface area contributed by atoms with E-state index in [0.29, 0.717) is 0 Å². The minimum absolute atomic E-state index is 0.0339. The maximum absolute atomic E-state index is 17.3. The first-order chi connectivity index (χ1) is 16.3. The molecule has 8 atom stereocenters. The summed E-state index contributed by atoms with van der Waals surface area (Å²) in [5.74, 6) is -3.92. The van der Waals surface area contributed by atoms with E-state index in [0.717, 1.165) is 0 Å². The van der Waals surface area contributed by atoms with Gasteiger partial charge in [0, 0.05) is 41.9 Å². The van der Waals surface area contributed by atoms with Gasteiger partial charge < -0.3 is 9.84 Å². The van der Waals surface area contributed by atoms with Crippen molar-refractivity contribution < 1.29 is 41.6 Å². The Labute approximate surface area is 206 Å². The highest BCUT2D eigenvalue weighted by atomic mass is 32.2. The predicted octanol–water partition coefficient (Wildman–Crippen LogP) is 4.71. The van der Waals surface area contributed by atoms with Crippen LogP contribution in [-0.2, 0) is 23.3 Å². The first kappa shape index (κ1) is 26.4. The summed E-state index contributed by atoms with van der Waals surface area (Å²) in [5.41, 5.74) is -6.91. The van der Waals surface area contributed by atoms with Gasteiger partial charge in [-0.25, -0.2) is 13.2 Å². The molecule has 0 heterocycles. The monoisotopic (exact) mass is 516 g/mol. The Morgan fingerprint density at radius 1 is 1.29 bits per heavy atom. The normalized spacial score (nSPS) is 44.5. The van der Waals surface area contributed by atoms with Crippen LogP contribution >= 0.6 is 12.0 Å². The Balaban J connectivity index is 1.87. The molecule has 0 aromatic carbocycles. The topological polar surface area (TPSA) is 89.9 Å².